The number of aryl methyl sites for hydroxylation is 1. The van der Waals surface area contributed by atoms with Crippen LogP contribution < -0.4 is 4.74 Å². The van der Waals surface area contributed by atoms with E-state index in [1.807, 2.05) is 13.0 Å². The van der Waals surface area contributed by atoms with Crippen LogP contribution in [0.5, 0.6) is 5.75 Å². The van der Waals surface area contributed by atoms with Crippen molar-refractivity contribution in [3.8, 4) is 5.75 Å². The summed E-state index contributed by atoms with van der Waals surface area (Å²) in [5.41, 5.74) is 1.43. The van der Waals surface area contributed by atoms with Gasteiger partial charge < -0.3 is 9.47 Å². The van der Waals surface area contributed by atoms with Crippen molar-refractivity contribution in [3.05, 3.63) is 27.7 Å². The van der Waals surface area contributed by atoms with E-state index in [4.69, 9.17) is 4.74 Å². The van der Waals surface area contributed by atoms with E-state index in [-0.39, 0.29) is 5.97 Å². The zero-order valence-corrected chi connectivity index (χ0v) is 9.84. The predicted octanol–water partition coefficient (Wildman–Crippen LogP) is 2.55. The molecule has 0 radical (unpaired) electrons. The molecule has 0 atom stereocenters. The van der Waals surface area contributed by atoms with Crippen molar-refractivity contribution in [1.82, 2.24) is 0 Å². The first-order chi connectivity index (χ1) is 6.60. The second-order valence-corrected chi connectivity index (χ2v) is 3.65. The van der Waals surface area contributed by atoms with Crippen molar-refractivity contribution >= 4 is 21.9 Å². The number of ether oxygens (including phenoxy) is 2. The molecule has 0 bridgehead atoms. The van der Waals surface area contributed by atoms with Crippen LogP contribution in [0.1, 0.15) is 15.9 Å². The number of halogens is 1. The predicted molar refractivity (Wildman–Crippen MR) is 56.8 cm³/mol. The Bertz CT molecular complexity index is 361. The van der Waals surface area contributed by atoms with Gasteiger partial charge in [-0.1, -0.05) is 0 Å². The van der Waals surface area contributed by atoms with Gasteiger partial charge in [0.2, 0.25) is 0 Å². The van der Waals surface area contributed by atoms with Gasteiger partial charge in [0, 0.05) is 4.47 Å². The molecule has 0 saturated heterocycles. The van der Waals surface area contributed by atoms with Crippen LogP contribution in [0.4, 0.5) is 0 Å². The number of methoxy groups -OCH3 is 2. The molecule has 14 heavy (non-hydrogen) atoms. The molecule has 0 aromatic heterocycles. The normalized spacial score (nSPS) is 9.71. The molecule has 1 aromatic rings. The summed E-state index contributed by atoms with van der Waals surface area (Å²) in [6.07, 6.45) is 0. The summed E-state index contributed by atoms with van der Waals surface area (Å²) in [6.45, 7) is 1.91. The molecule has 76 valence electrons. The molecular weight excluding hydrogens is 248 g/mol. The van der Waals surface area contributed by atoms with Crippen LogP contribution in [0.25, 0.3) is 0 Å². The largest absolute Gasteiger partial charge is 0.496 e. The van der Waals surface area contributed by atoms with Crippen molar-refractivity contribution in [3.63, 3.8) is 0 Å². The summed E-state index contributed by atoms with van der Waals surface area (Å²) >= 11 is 3.30. The van der Waals surface area contributed by atoms with Crippen LogP contribution in [0.15, 0.2) is 16.6 Å². The van der Waals surface area contributed by atoms with Gasteiger partial charge in [-0.05, 0) is 40.5 Å². The average molecular weight is 259 g/mol. The highest BCUT2D eigenvalue weighted by Gasteiger charge is 2.13. The van der Waals surface area contributed by atoms with E-state index in [1.165, 1.54) is 7.11 Å². The van der Waals surface area contributed by atoms with E-state index in [0.717, 1.165) is 5.56 Å². The van der Waals surface area contributed by atoms with E-state index in [9.17, 15) is 4.79 Å². The maximum Gasteiger partial charge on any atom is 0.339 e. The molecule has 0 spiro atoms. The van der Waals surface area contributed by atoms with Gasteiger partial charge in [-0.3, -0.25) is 0 Å². The highest BCUT2D eigenvalue weighted by Crippen LogP contribution is 2.27. The molecule has 1 rings (SSSR count). The van der Waals surface area contributed by atoms with Gasteiger partial charge in [0.15, 0.2) is 0 Å². The van der Waals surface area contributed by atoms with Crippen molar-refractivity contribution in [2.75, 3.05) is 14.2 Å². The highest BCUT2D eigenvalue weighted by atomic mass is 79.9. The Labute approximate surface area is 91.1 Å². The van der Waals surface area contributed by atoms with E-state index < -0.39 is 0 Å². The molecule has 0 amide bonds. The first-order valence-corrected chi connectivity index (χ1v) is 4.82. The summed E-state index contributed by atoms with van der Waals surface area (Å²) in [4.78, 5) is 11.3. The molecule has 0 heterocycles. The third kappa shape index (κ3) is 2.07. The first kappa shape index (κ1) is 11.0. The van der Waals surface area contributed by atoms with Gasteiger partial charge in [0.1, 0.15) is 5.75 Å². The third-order valence-corrected chi connectivity index (χ3v) is 2.55. The van der Waals surface area contributed by atoms with Gasteiger partial charge in [-0.15, -0.1) is 0 Å². The third-order valence-electron chi connectivity index (χ3n) is 1.89. The molecule has 0 aliphatic heterocycles. The highest BCUT2D eigenvalue weighted by molar-refractivity contribution is 9.10. The summed E-state index contributed by atoms with van der Waals surface area (Å²) in [6, 6.07) is 3.48. The minimum Gasteiger partial charge on any atom is -0.496 e. The number of benzene rings is 1. The quantitative estimate of drug-likeness (QED) is 0.765. The fourth-order valence-corrected chi connectivity index (χ4v) is 1.76. The molecular formula is C10H11BrO3. The summed E-state index contributed by atoms with van der Waals surface area (Å²) < 4.78 is 10.4. The van der Waals surface area contributed by atoms with Crippen LogP contribution in [0.3, 0.4) is 0 Å². The molecule has 0 fully saturated rings. The van der Waals surface area contributed by atoms with Crippen LogP contribution >= 0.6 is 15.9 Å². The summed E-state index contributed by atoms with van der Waals surface area (Å²) in [7, 11) is 2.92. The van der Waals surface area contributed by atoms with Crippen molar-refractivity contribution in [2.24, 2.45) is 0 Å². The van der Waals surface area contributed by atoms with E-state index >= 15 is 0 Å². The second-order valence-electron chi connectivity index (χ2n) is 2.79. The lowest BCUT2D eigenvalue weighted by atomic mass is 10.1. The molecule has 0 N–H and O–H groups in total. The number of rotatable bonds is 2. The Morgan fingerprint density at radius 2 is 2.00 bits per heavy atom. The molecule has 4 heteroatoms. The number of carbonyl (C=O) groups excluding carboxylic acids is 1. The Kier molecular flexibility index (Phi) is 3.52. The van der Waals surface area contributed by atoms with Gasteiger partial charge in [0.05, 0.1) is 19.8 Å². The average Bonchev–Trinajstić information content (AvgIpc) is 2.17. The molecule has 0 saturated carbocycles. The second kappa shape index (κ2) is 4.46. The lowest BCUT2D eigenvalue weighted by Gasteiger charge is -2.08. The molecule has 0 unspecified atom stereocenters. The SMILES string of the molecule is COC(=O)c1cc(OC)c(C)cc1Br. The Balaban J connectivity index is 3.24. The maximum absolute atomic E-state index is 11.3. The summed E-state index contributed by atoms with van der Waals surface area (Å²) in [5, 5.41) is 0. The van der Waals surface area contributed by atoms with Gasteiger partial charge in [0.25, 0.3) is 0 Å². The zero-order valence-electron chi connectivity index (χ0n) is 8.26. The Hall–Kier alpha value is -1.03. The van der Waals surface area contributed by atoms with E-state index in [2.05, 4.69) is 20.7 Å². The summed E-state index contributed by atoms with van der Waals surface area (Å²) in [5.74, 6) is 0.295. The van der Waals surface area contributed by atoms with Crippen LogP contribution in [0.2, 0.25) is 0 Å². The number of hydrogen-bond acceptors (Lipinski definition) is 3. The van der Waals surface area contributed by atoms with Gasteiger partial charge in [-0.25, -0.2) is 4.79 Å². The van der Waals surface area contributed by atoms with Crippen LogP contribution in [0, 0.1) is 6.92 Å². The molecule has 0 aliphatic rings. The van der Waals surface area contributed by atoms with Gasteiger partial charge >= 0.3 is 5.97 Å². The smallest absolute Gasteiger partial charge is 0.339 e. The standard InChI is InChI=1S/C10H11BrO3/c1-6-4-8(11)7(10(12)14-3)5-9(6)13-2/h4-5H,1-3H3. The minimum absolute atomic E-state index is 0.379. The van der Waals surface area contributed by atoms with Crippen molar-refractivity contribution in [1.29, 1.82) is 0 Å². The van der Waals surface area contributed by atoms with Crippen LogP contribution in [-0.4, -0.2) is 20.2 Å². The van der Waals surface area contributed by atoms with Crippen LogP contribution in [-0.2, 0) is 4.74 Å². The number of esters is 1. The Morgan fingerprint density at radius 1 is 1.36 bits per heavy atom. The van der Waals surface area contributed by atoms with E-state index in [1.54, 1.807) is 13.2 Å². The van der Waals surface area contributed by atoms with Crippen molar-refractivity contribution < 1.29 is 14.3 Å². The van der Waals surface area contributed by atoms with E-state index in [0.29, 0.717) is 15.8 Å². The van der Waals surface area contributed by atoms with Crippen molar-refractivity contribution in [2.45, 2.75) is 6.92 Å². The Morgan fingerprint density at radius 3 is 2.50 bits per heavy atom. The minimum atomic E-state index is -0.379. The zero-order chi connectivity index (χ0) is 10.7. The first-order valence-electron chi connectivity index (χ1n) is 4.02. The topological polar surface area (TPSA) is 35.5 Å². The number of hydrogen-bond donors (Lipinski definition) is 0. The fourth-order valence-electron chi connectivity index (χ4n) is 1.14. The molecule has 3 nitrogen and oxygen atoms in total. The number of carbonyl (C=O) groups is 1. The lowest BCUT2D eigenvalue weighted by molar-refractivity contribution is 0.0599. The monoisotopic (exact) mass is 258 g/mol. The maximum atomic E-state index is 11.3. The van der Waals surface area contributed by atoms with Gasteiger partial charge in [-0.2, -0.15) is 0 Å². The fraction of sp³-hybridized carbons (Fsp3) is 0.300. The molecule has 1 aromatic carbocycles. The lowest BCUT2D eigenvalue weighted by Crippen LogP contribution is -2.03. The molecule has 0 aliphatic carbocycles.